The van der Waals surface area contributed by atoms with Crippen molar-refractivity contribution < 1.29 is 27.4 Å². The van der Waals surface area contributed by atoms with Crippen molar-refractivity contribution in [2.45, 2.75) is 39.4 Å². The number of alkyl halides is 3. The fourth-order valence-corrected chi connectivity index (χ4v) is 2.85. The van der Waals surface area contributed by atoms with E-state index in [4.69, 9.17) is 21.1 Å². The van der Waals surface area contributed by atoms with Gasteiger partial charge in [0.15, 0.2) is 5.69 Å². The molecule has 28 heavy (non-hydrogen) atoms. The molecule has 0 amide bonds. The summed E-state index contributed by atoms with van der Waals surface area (Å²) >= 11 is 6.37. The molecule has 0 fully saturated rings. The van der Waals surface area contributed by atoms with E-state index < -0.39 is 18.2 Å². The van der Waals surface area contributed by atoms with E-state index in [1.165, 1.54) is 23.8 Å². The number of anilines is 1. The van der Waals surface area contributed by atoms with Crippen LogP contribution in [-0.4, -0.2) is 41.5 Å². The number of halogens is 4. The Labute approximate surface area is 165 Å². The van der Waals surface area contributed by atoms with E-state index in [0.29, 0.717) is 17.9 Å². The number of nitrogens with zero attached hydrogens (tertiary/aromatic N) is 2. The third-order valence-electron chi connectivity index (χ3n) is 3.97. The molecular weight excluding hydrogens is 399 g/mol. The number of carbonyl (C=O) groups excluding carboxylic acids is 1. The van der Waals surface area contributed by atoms with Gasteiger partial charge in [-0.1, -0.05) is 18.5 Å². The zero-order chi connectivity index (χ0) is 21.1. The van der Waals surface area contributed by atoms with Crippen molar-refractivity contribution in [3.05, 3.63) is 34.9 Å². The van der Waals surface area contributed by atoms with Crippen LogP contribution in [0, 0.1) is 0 Å². The van der Waals surface area contributed by atoms with Crippen molar-refractivity contribution in [2.24, 2.45) is 0 Å². The number of methoxy groups -OCH3 is 1. The summed E-state index contributed by atoms with van der Waals surface area (Å²) in [5.74, 6) is 0.0942. The zero-order valence-electron chi connectivity index (χ0n) is 15.9. The Kier molecular flexibility index (Phi) is 6.82. The minimum atomic E-state index is -4.39. The van der Waals surface area contributed by atoms with Crippen LogP contribution < -0.4 is 10.1 Å². The molecule has 0 radical (unpaired) electrons. The number of aromatic nitrogens is 2. The molecule has 0 aliphatic heterocycles. The molecule has 0 bridgehead atoms. The quantitative estimate of drug-likeness (QED) is 0.662. The van der Waals surface area contributed by atoms with Crippen molar-refractivity contribution in [2.75, 3.05) is 19.0 Å². The minimum Gasteiger partial charge on any atom is -0.494 e. The summed E-state index contributed by atoms with van der Waals surface area (Å²) in [4.78, 5) is 16.3. The largest absolute Gasteiger partial charge is 0.494 e. The molecule has 0 spiro atoms. The Bertz CT molecular complexity index is 853. The first kappa shape index (κ1) is 21.9. The zero-order valence-corrected chi connectivity index (χ0v) is 16.6. The predicted molar refractivity (Wildman–Crippen MR) is 99.6 cm³/mol. The average molecular weight is 420 g/mol. The highest BCUT2D eigenvalue weighted by molar-refractivity contribution is 6.32. The van der Waals surface area contributed by atoms with Gasteiger partial charge in [0.2, 0.25) is 0 Å². The number of imidazole rings is 1. The second-order valence-corrected chi connectivity index (χ2v) is 6.23. The standard InChI is InChI=1S/C18H21ClF3N3O3/c1-5-14-24-15(17(26)28-6-2)16(19)25(14)12-8-7-11(9-13(12)27-4)23-10(3)18(20,21)22/h7-10,23H,5-6H2,1-4H3/t10-/m1/s1. The highest BCUT2D eigenvalue weighted by Crippen LogP contribution is 2.33. The third-order valence-corrected chi connectivity index (χ3v) is 4.32. The Morgan fingerprint density at radius 2 is 2.04 bits per heavy atom. The summed E-state index contributed by atoms with van der Waals surface area (Å²) in [6.07, 6.45) is -3.93. The molecule has 1 N–H and O–H groups in total. The maximum Gasteiger partial charge on any atom is 0.408 e. The Morgan fingerprint density at radius 1 is 1.36 bits per heavy atom. The first-order valence-corrected chi connectivity index (χ1v) is 8.97. The number of aryl methyl sites for hydroxylation is 1. The Hall–Kier alpha value is -2.42. The number of carbonyl (C=O) groups is 1. The number of rotatable bonds is 7. The summed E-state index contributed by atoms with van der Waals surface area (Å²) in [6.45, 7) is 4.69. The van der Waals surface area contributed by atoms with Crippen LogP contribution in [0.5, 0.6) is 5.75 Å². The van der Waals surface area contributed by atoms with Crippen molar-refractivity contribution >= 4 is 23.3 Å². The Morgan fingerprint density at radius 3 is 2.57 bits per heavy atom. The fourth-order valence-electron chi connectivity index (χ4n) is 2.54. The van der Waals surface area contributed by atoms with Crippen LogP contribution >= 0.6 is 11.6 Å². The molecular formula is C18H21ClF3N3O3. The number of esters is 1. The lowest BCUT2D eigenvalue weighted by Crippen LogP contribution is -2.33. The van der Waals surface area contributed by atoms with Crippen molar-refractivity contribution in [3.63, 3.8) is 0 Å². The van der Waals surface area contributed by atoms with E-state index >= 15 is 0 Å². The maximum absolute atomic E-state index is 12.8. The first-order chi connectivity index (χ1) is 13.1. The molecule has 0 aliphatic rings. The molecule has 0 unspecified atom stereocenters. The fraction of sp³-hybridized carbons (Fsp3) is 0.444. The number of nitrogens with one attached hydrogen (secondary N) is 1. The highest BCUT2D eigenvalue weighted by Gasteiger charge is 2.36. The van der Waals surface area contributed by atoms with Gasteiger partial charge in [-0.2, -0.15) is 13.2 Å². The Balaban J connectivity index is 2.49. The average Bonchev–Trinajstić information content (AvgIpc) is 2.97. The first-order valence-electron chi connectivity index (χ1n) is 8.59. The number of hydrogen-bond acceptors (Lipinski definition) is 5. The number of benzene rings is 1. The van der Waals surface area contributed by atoms with E-state index in [1.54, 1.807) is 13.0 Å². The van der Waals surface area contributed by atoms with Gasteiger partial charge in [0.1, 0.15) is 22.8 Å². The summed E-state index contributed by atoms with van der Waals surface area (Å²) in [6, 6.07) is 2.71. The van der Waals surface area contributed by atoms with Gasteiger partial charge in [0.25, 0.3) is 0 Å². The van der Waals surface area contributed by atoms with Gasteiger partial charge in [-0.25, -0.2) is 9.78 Å². The topological polar surface area (TPSA) is 65.4 Å². The van der Waals surface area contributed by atoms with E-state index in [-0.39, 0.29) is 28.9 Å². The van der Waals surface area contributed by atoms with Crippen LogP contribution in [0.2, 0.25) is 5.15 Å². The molecule has 10 heteroatoms. The lowest BCUT2D eigenvalue weighted by Gasteiger charge is -2.20. The molecule has 154 valence electrons. The molecule has 1 atom stereocenters. The van der Waals surface area contributed by atoms with E-state index in [9.17, 15) is 18.0 Å². The molecule has 1 aromatic carbocycles. The highest BCUT2D eigenvalue weighted by atomic mass is 35.5. The van der Waals surface area contributed by atoms with Crippen LogP contribution in [0.15, 0.2) is 18.2 Å². The summed E-state index contributed by atoms with van der Waals surface area (Å²) in [5, 5.41) is 2.42. The number of ether oxygens (including phenoxy) is 2. The molecule has 0 saturated heterocycles. The molecule has 0 aliphatic carbocycles. The van der Waals surface area contributed by atoms with E-state index in [2.05, 4.69) is 10.3 Å². The van der Waals surface area contributed by atoms with Crippen molar-refractivity contribution in [1.82, 2.24) is 9.55 Å². The van der Waals surface area contributed by atoms with E-state index in [1.807, 2.05) is 6.92 Å². The lowest BCUT2D eigenvalue weighted by molar-refractivity contribution is -0.138. The van der Waals surface area contributed by atoms with Crippen LogP contribution in [0.3, 0.4) is 0 Å². The molecule has 0 saturated carbocycles. The van der Waals surface area contributed by atoms with Crippen LogP contribution in [0.25, 0.3) is 5.69 Å². The molecule has 6 nitrogen and oxygen atoms in total. The molecule has 1 aromatic heterocycles. The normalized spacial score (nSPS) is 12.6. The predicted octanol–water partition coefficient (Wildman–Crippen LogP) is 4.64. The van der Waals surface area contributed by atoms with Gasteiger partial charge in [0, 0.05) is 18.2 Å². The molecule has 2 aromatic rings. The second kappa shape index (κ2) is 8.72. The lowest BCUT2D eigenvalue weighted by atomic mass is 10.2. The summed E-state index contributed by atoms with van der Waals surface area (Å²) in [5.41, 5.74) is 0.637. The SMILES string of the molecule is CCOC(=O)c1nc(CC)n(-c2ccc(N[C@H](C)C(F)(F)F)cc2OC)c1Cl. The van der Waals surface area contributed by atoms with E-state index in [0.717, 1.165) is 6.92 Å². The minimum absolute atomic E-state index is 0.0321. The van der Waals surface area contributed by atoms with Gasteiger partial charge in [-0.3, -0.25) is 4.57 Å². The van der Waals surface area contributed by atoms with Crippen LogP contribution in [-0.2, 0) is 11.2 Å². The van der Waals surface area contributed by atoms with Gasteiger partial charge in [-0.05, 0) is 26.0 Å². The molecule has 2 rings (SSSR count). The van der Waals surface area contributed by atoms with Crippen molar-refractivity contribution in [3.8, 4) is 11.4 Å². The second-order valence-electron chi connectivity index (χ2n) is 5.87. The third kappa shape index (κ3) is 4.52. The van der Waals surface area contributed by atoms with Crippen molar-refractivity contribution in [1.29, 1.82) is 0 Å². The maximum atomic E-state index is 12.8. The van der Waals surface area contributed by atoms with Gasteiger partial charge >= 0.3 is 12.1 Å². The van der Waals surface area contributed by atoms with Gasteiger partial charge in [0.05, 0.1) is 19.4 Å². The van der Waals surface area contributed by atoms with Gasteiger partial charge < -0.3 is 14.8 Å². The monoisotopic (exact) mass is 419 g/mol. The van der Waals surface area contributed by atoms with Crippen LogP contribution in [0.1, 0.15) is 37.1 Å². The summed E-state index contributed by atoms with van der Waals surface area (Å²) < 4.78 is 50.2. The van der Waals surface area contributed by atoms with Gasteiger partial charge in [-0.15, -0.1) is 0 Å². The number of hydrogen-bond donors (Lipinski definition) is 1. The smallest absolute Gasteiger partial charge is 0.408 e. The summed E-state index contributed by atoms with van der Waals surface area (Å²) in [7, 11) is 1.39. The van der Waals surface area contributed by atoms with Crippen LogP contribution in [0.4, 0.5) is 18.9 Å². The molecule has 1 heterocycles.